The molecule has 4 heterocycles. The maximum Gasteiger partial charge on any atom is 0.190 e. The van der Waals surface area contributed by atoms with Crippen molar-refractivity contribution in [1.82, 2.24) is 35.0 Å². The smallest absolute Gasteiger partial charge is 0.190 e. The second kappa shape index (κ2) is 7.47. The van der Waals surface area contributed by atoms with E-state index < -0.39 is 5.82 Å². The van der Waals surface area contributed by atoms with Gasteiger partial charge in [0.2, 0.25) is 0 Å². The van der Waals surface area contributed by atoms with E-state index in [1.54, 1.807) is 24.5 Å². The Morgan fingerprint density at radius 1 is 1.23 bits per heavy atom. The molecule has 30 heavy (non-hydrogen) atoms. The summed E-state index contributed by atoms with van der Waals surface area (Å²) in [6.07, 6.45) is 6.27. The highest BCUT2D eigenvalue weighted by molar-refractivity contribution is 6.30. The number of ether oxygens (including phenoxy) is 1. The number of hydrogen-bond acceptors (Lipinski definition) is 7. The maximum absolute atomic E-state index is 14.5. The first-order valence-electron chi connectivity index (χ1n) is 9.23. The molecule has 152 valence electrons. The topological polar surface area (TPSA) is 110 Å². The molecule has 1 aliphatic heterocycles. The van der Waals surface area contributed by atoms with E-state index in [-0.39, 0.29) is 28.4 Å². The molecule has 1 fully saturated rings. The van der Waals surface area contributed by atoms with Crippen LogP contribution < -0.4 is 5.73 Å². The van der Waals surface area contributed by atoms with Gasteiger partial charge in [-0.25, -0.2) is 9.37 Å². The van der Waals surface area contributed by atoms with Crippen LogP contribution in [-0.4, -0.2) is 48.2 Å². The standard InChI is InChI=1S/C19H16ClFN8O/c20-15-2-1-3-16(17(15)21)29-19(25-26-27-29)14-6-11(7-23-18(14)22)12-8-24-28(9-12)13-4-5-30-10-13/h1-3,6-9,13H,4-5,10H2,(H2,22,23). The number of halogens is 2. The predicted octanol–water partition coefficient (Wildman–Crippen LogP) is 2.92. The van der Waals surface area contributed by atoms with Crippen molar-refractivity contribution in [3.8, 4) is 28.2 Å². The monoisotopic (exact) mass is 426 g/mol. The lowest BCUT2D eigenvalue weighted by atomic mass is 10.1. The normalized spacial score (nSPS) is 16.3. The minimum absolute atomic E-state index is 0.0305. The molecule has 9 nitrogen and oxygen atoms in total. The fourth-order valence-corrected chi connectivity index (χ4v) is 3.57. The van der Waals surface area contributed by atoms with Crippen LogP contribution in [-0.2, 0) is 4.74 Å². The summed E-state index contributed by atoms with van der Waals surface area (Å²) >= 11 is 5.91. The van der Waals surface area contributed by atoms with Crippen LogP contribution in [0.3, 0.4) is 0 Å². The van der Waals surface area contributed by atoms with Gasteiger partial charge in [-0.05, 0) is 35.0 Å². The van der Waals surface area contributed by atoms with Gasteiger partial charge in [0.1, 0.15) is 11.5 Å². The van der Waals surface area contributed by atoms with E-state index in [0.717, 1.165) is 24.2 Å². The molecule has 1 aromatic carbocycles. The highest BCUT2D eigenvalue weighted by atomic mass is 35.5. The largest absolute Gasteiger partial charge is 0.383 e. The SMILES string of the molecule is Nc1ncc(-c2cnn(C3CCOC3)c2)cc1-c1nnnn1-c1cccc(Cl)c1F. The van der Waals surface area contributed by atoms with Crippen LogP contribution in [0.15, 0.2) is 42.9 Å². The highest BCUT2D eigenvalue weighted by Crippen LogP contribution is 2.31. The predicted molar refractivity (Wildman–Crippen MR) is 107 cm³/mol. The Morgan fingerprint density at radius 2 is 2.13 bits per heavy atom. The molecule has 1 unspecified atom stereocenters. The van der Waals surface area contributed by atoms with Crippen molar-refractivity contribution in [2.24, 2.45) is 0 Å². The number of anilines is 1. The fraction of sp³-hybridized carbons (Fsp3) is 0.211. The lowest BCUT2D eigenvalue weighted by molar-refractivity contribution is 0.184. The van der Waals surface area contributed by atoms with Crippen molar-refractivity contribution in [2.45, 2.75) is 12.5 Å². The number of tetrazole rings is 1. The first-order chi connectivity index (χ1) is 14.6. The molecule has 0 bridgehead atoms. The Hall–Kier alpha value is -3.37. The Bertz CT molecular complexity index is 1220. The number of aromatic nitrogens is 7. The summed E-state index contributed by atoms with van der Waals surface area (Å²) < 4.78 is 23.1. The summed E-state index contributed by atoms with van der Waals surface area (Å²) in [6, 6.07) is 6.62. The summed E-state index contributed by atoms with van der Waals surface area (Å²) in [5, 5.41) is 16.0. The first-order valence-corrected chi connectivity index (χ1v) is 9.60. The lowest BCUT2D eigenvalue weighted by Gasteiger charge is -2.09. The molecular formula is C19H16ClFN8O. The first kappa shape index (κ1) is 18.6. The number of rotatable bonds is 4. The minimum Gasteiger partial charge on any atom is -0.383 e. The van der Waals surface area contributed by atoms with E-state index in [2.05, 4.69) is 25.6 Å². The number of hydrogen-bond donors (Lipinski definition) is 1. The van der Waals surface area contributed by atoms with Crippen LogP contribution in [0, 0.1) is 5.82 Å². The highest BCUT2D eigenvalue weighted by Gasteiger charge is 2.21. The van der Waals surface area contributed by atoms with Gasteiger partial charge in [-0.2, -0.15) is 9.78 Å². The third-order valence-corrected chi connectivity index (χ3v) is 5.29. The Labute approximate surface area is 175 Å². The number of nitrogen functional groups attached to an aromatic ring is 1. The molecule has 1 atom stereocenters. The number of nitrogens with two attached hydrogens (primary N) is 1. The molecule has 11 heteroatoms. The molecule has 0 amide bonds. The van der Waals surface area contributed by atoms with Crippen molar-refractivity contribution in [1.29, 1.82) is 0 Å². The molecule has 1 saturated heterocycles. The van der Waals surface area contributed by atoms with Gasteiger partial charge in [-0.15, -0.1) is 5.10 Å². The van der Waals surface area contributed by atoms with E-state index in [1.165, 1.54) is 16.8 Å². The Kier molecular flexibility index (Phi) is 4.64. The van der Waals surface area contributed by atoms with Crippen LogP contribution in [0.4, 0.5) is 10.2 Å². The fourth-order valence-electron chi connectivity index (χ4n) is 3.40. The van der Waals surface area contributed by atoms with E-state index >= 15 is 0 Å². The molecule has 1 aliphatic rings. The second-order valence-electron chi connectivity index (χ2n) is 6.87. The lowest BCUT2D eigenvalue weighted by Crippen LogP contribution is -2.08. The molecule has 4 aromatic rings. The summed E-state index contributed by atoms with van der Waals surface area (Å²) in [5.74, 6) is -0.163. The molecule has 2 N–H and O–H groups in total. The Balaban J connectivity index is 1.56. The molecule has 0 saturated carbocycles. The molecule has 0 radical (unpaired) electrons. The van der Waals surface area contributed by atoms with E-state index in [1.807, 2.05) is 10.9 Å². The zero-order valence-electron chi connectivity index (χ0n) is 15.6. The number of pyridine rings is 1. The molecular weight excluding hydrogens is 411 g/mol. The summed E-state index contributed by atoms with van der Waals surface area (Å²) in [6.45, 7) is 1.38. The molecule has 0 spiro atoms. The molecule has 3 aromatic heterocycles. The van der Waals surface area contributed by atoms with Crippen molar-refractivity contribution in [3.63, 3.8) is 0 Å². The quantitative estimate of drug-likeness (QED) is 0.534. The second-order valence-corrected chi connectivity index (χ2v) is 7.28. The average molecular weight is 427 g/mol. The van der Waals surface area contributed by atoms with E-state index in [9.17, 15) is 4.39 Å². The summed E-state index contributed by atoms with van der Waals surface area (Å²) in [4.78, 5) is 4.28. The maximum atomic E-state index is 14.5. The van der Waals surface area contributed by atoms with Crippen LogP contribution in [0.25, 0.3) is 28.2 Å². The molecule has 0 aliphatic carbocycles. The molecule has 5 rings (SSSR count). The van der Waals surface area contributed by atoms with Gasteiger partial charge in [0, 0.05) is 30.1 Å². The van der Waals surface area contributed by atoms with Gasteiger partial charge in [0.15, 0.2) is 11.6 Å². The van der Waals surface area contributed by atoms with Crippen molar-refractivity contribution in [2.75, 3.05) is 18.9 Å². The van der Waals surface area contributed by atoms with Crippen LogP contribution in [0.5, 0.6) is 0 Å². The van der Waals surface area contributed by atoms with Crippen molar-refractivity contribution in [3.05, 3.63) is 53.7 Å². The van der Waals surface area contributed by atoms with E-state index in [4.69, 9.17) is 22.1 Å². The Morgan fingerprint density at radius 3 is 2.97 bits per heavy atom. The third kappa shape index (κ3) is 3.19. The zero-order chi connectivity index (χ0) is 20.7. The third-order valence-electron chi connectivity index (χ3n) is 5.00. The van der Waals surface area contributed by atoms with Crippen LogP contribution in [0.2, 0.25) is 5.02 Å². The van der Waals surface area contributed by atoms with Crippen LogP contribution >= 0.6 is 11.6 Å². The number of nitrogens with zero attached hydrogens (tertiary/aromatic N) is 7. The minimum atomic E-state index is -0.629. The van der Waals surface area contributed by atoms with Crippen molar-refractivity contribution < 1.29 is 9.13 Å². The summed E-state index contributed by atoms with van der Waals surface area (Å²) in [7, 11) is 0. The van der Waals surface area contributed by atoms with E-state index in [0.29, 0.717) is 12.2 Å². The van der Waals surface area contributed by atoms with Gasteiger partial charge in [0.05, 0.1) is 29.4 Å². The summed E-state index contributed by atoms with van der Waals surface area (Å²) in [5.41, 5.74) is 8.33. The zero-order valence-corrected chi connectivity index (χ0v) is 16.4. The average Bonchev–Trinajstić information content (AvgIpc) is 3.51. The van der Waals surface area contributed by atoms with Gasteiger partial charge in [0.25, 0.3) is 0 Å². The van der Waals surface area contributed by atoms with Gasteiger partial charge in [-0.3, -0.25) is 4.68 Å². The van der Waals surface area contributed by atoms with Crippen molar-refractivity contribution >= 4 is 17.4 Å². The van der Waals surface area contributed by atoms with Gasteiger partial charge in [-0.1, -0.05) is 17.7 Å². The number of benzene rings is 1. The van der Waals surface area contributed by atoms with Crippen LogP contribution in [0.1, 0.15) is 12.5 Å². The van der Waals surface area contributed by atoms with Gasteiger partial charge < -0.3 is 10.5 Å². The van der Waals surface area contributed by atoms with Gasteiger partial charge >= 0.3 is 0 Å².